The summed E-state index contributed by atoms with van der Waals surface area (Å²) in [6, 6.07) is 18.0. The van der Waals surface area contributed by atoms with Crippen molar-refractivity contribution in [1.82, 2.24) is 24.9 Å². The Kier molecular flexibility index (Phi) is 5.55. The minimum Gasteiger partial charge on any atom is -0.469 e. The molecule has 0 radical (unpaired) electrons. The Bertz CT molecular complexity index is 1330. The average molecular weight is 447 g/mol. The van der Waals surface area contributed by atoms with Crippen molar-refractivity contribution in [1.29, 1.82) is 0 Å². The smallest absolute Gasteiger partial charge is 0.257 e. The van der Waals surface area contributed by atoms with Gasteiger partial charge < -0.3 is 8.94 Å². The first-order valence-corrected chi connectivity index (χ1v) is 10.9. The number of hydrogen-bond donors (Lipinski definition) is 0. The minimum atomic E-state index is -0.314. The Balaban J connectivity index is 1.39. The predicted molar refractivity (Wildman–Crippen MR) is 117 cm³/mol. The maximum atomic E-state index is 13.1. The van der Waals surface area contributed by atoms with Crippen molar-refractivity contribution in [3.63, 3.8) is 0 Å². The van der Waals surface area contributed by atoms with Crippen molar-refractivity contribution >= 4 is 11.8 Å². The molecule has 0 aliphatic carbocycles. The summed E-state index contributed by atoms with van der Waals surface area (Å²) >= 11 is 1.47. The van der Waals surface area contributed by atoms with Gasteiger partial charge in [-0.25, -0.2) is 4.39 Å². The highest BCUT2D eigenvalue weighted by Gasteiger charge is 2.19. The van der Waals surface area contributed by atoms with Crippen LogP contribution in [0.3, 0.4) is 0 Å². The molecule has 5 rings (SSSR count). The number of aryl methyl sites for hydroxylation is 1. The summed E-state index contributed by atoms with van der Waals surface area (Å²) in [6.45, 7) is 2.52. The van der Waals surface area contributed by atoms with Crippen molar-refractivity contribution in [3.05, 3.63) is 89.9 Å². The van der Waals surface area contributed by atoms with Crippen LogP contribution in [0, 0.1) is 12.7 Å². The van der Waals surface area contributed by atoms with Crippen molar-refractivity contribution in [2.45, 2.75) is 24.4 Å². The van der Waals surface area contributed by atoms with Crippen LogP contribution in [0.15, 0.2) is 81.0 Å². The average Bonchev–Trinajstić information content (AvgIpc) is 3.54. The van der Waals surface area contributed by atoms with Crippen molar-refractivity contribution in [3.8, 4) is 22.8 Å². The van der Waals surface area contributed by atoms with Crippen LogP contribution in [-0.4, -0.2) is 24.9 Å². The van der Waals surface area contributed by atoms with E-state index < -0.39 is 0 Å². The number of halogens is 1. The molecule has 0 N–H and O–H groups in total. The summed E-state index contributed by atoms with van der Waals surface area (Å²) in [4.78, 5) is 4.42. The zero-order valence-corrected chi connectivity index (χ0v) is 17.9. The van der Waals surface area contributed by atoms with Gasteiger partial charge in [0.15, 0.2) is 16.8 Å². The third kappa shape index (κ3) is 4.19. The second-order valence-corrected chi connectivity index (χ2v) is 8.02. The maximum Gasteiger partial charge on any atom is 0.257 e. The topological polar surface area (TPSA) is 82.8 Å². The highest BCUT2D eigenvalue weighted by molar-refractivity contribution is 7.98. The molecule has 0 saturated heterocycles. The van der Waals surface area contributed by atoms with E-state index in [0.717, 1.165) is 27.9 Å². The molecule has 3 aromatic heterocycles. The lowest BCUT2D eigenvalue weighted by Gasteiger charge is -2.09. The summed E-state index contributed by atoms with van der Waals surface area (Å²) in [5, 5.41) is 13.6. The fourth-order valence-electron chi connectivity index (χ4n) is 3.27. The lowest BCUT2D eigenvalue weighted by molar-refractivity contribution is 0.425. The van der Waals surface area contributed by atoms with E-state index in [1.54, 1.807) is 18.4 Å². The van der Waals surface area contributed by atoms with Gasteiger partial charge in [0.2, 0.25) is 0 Å². The highest BCUT2D eigenvalue weighted by Crippen LogP contribution is 2.29. The molecule has 0 spiro atoms. The molecule has 0 saturated carbocycles. The fourth-order valence-corrected chi connectivity index (χ4v) is 4.05. The SMILES string of the molecule is Cc1occc1-c1nnc(SCc2noc(-c3ccc(F)cc3)n2)n1Cc1ccccc1. The van der Waals surface area contributed by atoms with Gasteiger partial charge in [0.25, 0.3) is 5.89 Å². The highest BCUT2D eigenvalue weighted by atomic mass is 32.2. The van der Waals surface area contributed by atoms with Crippen molar-refractivity contribution in [2.75, 3.05) is 0 Å². The number of benzene rings is 2. The molecule has 2 aromatic carbocycles. The van der Waals surface area contributed by atoms with Gasteiger partial charge in [-0.2, -0.15) is 4.98 Å². The van der Waals surface area contributed by atoms with Crippen molar-refractivity contribution in [2.24, 2.45) is 0 Å². The maximum absolute atomic E-state index is 13.1. The molecule has 0 unspecified atom stereocenters. The molecule has 3 heterocycles. The molecule has 7 nitrogen and oxygen atoms in total. The largest absolute Gasteiger partial charge is 0.469 e. The van der Waals surface area contributed by atoms with E-state index in [2.05, 4.69) is 37.0 Å². The normalized spacial score (nSPS) is 11.2. The molecule has 0 amide bonds. The molecule has 160 valence electrons. The summed E-state index contributed by atoms with van der Waals surface area (Å²) < 4.78 is 26.0. The number of nitrogens with zero attached hydrogens (tertiary/aromatic N) is 5. The van der Waals surface area contributed by atoms with Gasteiger partial charge in [0, 0.05) is 5.56 Å². The molecular formula is C23H18FN5O2S. The second kappa shape index (κ2) is 8.80. The first-order valence-electron chi connectivity index (χ1n) is 9.90. The standard InChI is InChI=1S/C23H18FN5O2S/c1-15-19(11-12-30-15)21-26-27-23(29(21)13-16-5-3-2-4-6-16)32-14-20-25-22(31-28-20)17-7-9-18(24)10-8-17/h2-12H,13-14H2,1H3. The lowest BCUT2D eigenvalue weighted by atomic mass is 10.2. The predicted octanol–water partition coefficient (Wildman–Crippen LogP) is 5.38. The third-order valence-corrected chi connectivity index (χ3v) is 5.85. The van der Waals surface area contributed by atoms with Gasteiger partial charge in [0.05, 0.1) is 24.1 Å². The van der Waals surface area contributed by atoms with Crippen LogP contribution < -0.4 is 0 Å². The fraction of sp³-hybridized carbons (Fsp3) is 0.130. The van der Waals surface area contributed by atoms with E-state index >= 15 is 0 Å². The van der Waals surface area contributed by atoms with Gasteiger partial charge in [0.1, 0.15) is 11.6 Å². The molecule has 0 aliphatic rings. The van der Waals surface area contributed by atoms with Gasteiger partial charge in [-0.15, -0.1) is 10.2 Å². The number of aromatic nitrogens is 5. The number of hydrogen-bond acceptors (Lipinski definition) is 7. The number of thioether (sulfide) groups is 1. The van der Waals surface area contributed by atoms with Crippen LogP contribution in [0.4, 0.5) is 4.39 Å². The Morgan fingerprint density at radius 1 is 1.00 bits per heavy atom. The molecule has 0 fully saturated rings. The van der Waals surface area contributed by atoms with E-state index in [0.29, 0.717) is 29.6 Å². The first kappa shape index (κ1) is 20.2. The van der Waals surface area contributed by atoms with Crippen LogP contribution in [0.2, 0.25) is 0 Å². The van der Waals surface area contributed by atoms with Gasteiger partial charge in [-0.3, -0.25) is 4.57 Å². The second-order valence-electron chi connectivity index (χ2n) is 7.08. The molecule has 0 atom stereocenters. The molecule has 32 heavy (non-hydrogen) atoms. The monoisotopic (exact) mass is 447 g/mol. The quantitative estimate of drug-likeness (QED) is 0.310. The molecule has 9 heteroatoms. The van der Waals surface area contributed by atoms with Crippen LogP contribution >= 0.6 is 11.8 Å². The van der Waals surface area contributed by atoms with Crippen LogP contribution in [-0.2, 0) is 12.3 Å². The summed E-state index contributed by atoms with van der Waals surface area (Å²) in [7, 11) is 0. The lowest BCUT2D eigenvalue weighted by Crippen LogP contribution is -2.04. The molecule has 0 aliphatic heterocycles. The zero-order valence-electron chi connectivity index (χ0n) is 17.1. The summed E-state index contributed by atoms with van der Waals surface area (Å²) in [5.74, 6) is 2.52. The zero-order chi connectivity index (χ0) is 21.9. The van der Waals surface area contributed by atoms with Crippen molar-refractivity contribution < 1.29 is 13.3 Å². The number of rotatable bonds is 7. The van der Waals surface area contributed by atoms with Crippen LogP contribution in [0.1, 0.15) is 17.1 Å². The van der Waals surface area contributed by atoms with E-state index in [1.165, 1.54) is 23.9 Å². The first-order chi connectivity index (χ1) is 15.7. The minimum absolute atomic E-state index is 0.314. The Labute approximate surface area is 187 Å². The summed E-state index contributed by atoms with van der Waals surface area (Å²) in [6.07, 6.45) is 1.65. The van der Waals surface area contributed by atoms with E-state index in [4.69, 9.17) is 8.94 Å². The number of furan rings is 1. The van der Waals surface area contributed by atoms with E-state index in [9.17, 15) is 4.39 Å². The molecule has 0 bridgehead atoms. The van der Waals surface area contributed by atoms with Gasteiger partial charge in [-0.05, 0) is 42.8 Å². The molecular weight excluding hydrogens is 429 g/mol. The van der Waals surface area contributed by atoms with Crippen LogP contribution in [0.25, 0.3) is 22.8 Å². The Morgan fingerprint density at radius 2 is 1.81 bits per heavy atom. The Hall–Kier alpha value is -3.72. The van der Waals surface area contributed by atoms with Gasteiger partial charge >= 0.3 is 0 Å². The Morgan fingerprint density at radius 3 is 2.56 bits per heavy atom. The van der Waals surface area contributed by atoms with Gasteiger partial charge in [-0.1, -0.05) is 47.3 Å². The van der Waals surface area contributed by atoms with E-state index in [-0.39, 0.29) is 5.82 Å². The molecule has 5 aromatic rings. The third-order valence-electron chi connectivity index (χ3n) is 4.89. The summed E-state index contributed by atoms with van der Waals surface area (Å²) in [5.41, 5.74) is 2.70. The van der Waals surface area contributed by atoms with Crippen LogP contribution in [0.5, 0.6) is 0 Å². The van der Waals surface area contributed by atoms with E-state index in [1.807, 2.05) is 31.2 Å².